The molecule has 2 heterocycles. The Balaban J connectivity index is 1.35. The first kappa shape index (κ1) is 17.7. The van der Waals surface area contributed by atoms with E-state index in [1.165, 1.54) is 0 Å². The molecule has 0 spiro atoms. The lowest BCUT2D eigenvalue weighted by molar-refractivity contribution is -0.130. The molecule has 1 aromatic heterocycles. The van der Waals surface area contributed by atoms with Crippen LogP contribution >= 0.6 is 0 Å². The van der Waals surface area contributed by atoms with E-state index in [0.29, 0.717) is 30.8 Å². The lowest BCUT2D eigenvalue weighted by Crippen LogP contribution is -2.27. The summed E-state index contributed by atoms with van der Waals surface area (Å²) in [5.74, 6) is 0.734. The Labute approximate surface area is 158 Å². The van der Waals surface area contributed by atoms with Crippen molar-refractivity contribution < 1.29 is 14.3 Å². The zero-order chi connectivity index (χ0) is 19.2. The molecule has 2 aliphatic rings. The molecule has 0 N–H and O–H groups in total. The van der Waals surface area contributed by atoms with Crippen molar-refractivity contribution in [2.24, 2.45) is 11.8 Å². The van der Waals surface area contributed by atoms with E-state index in [4.69, 9.17) is 4.74 Å². The SMILES string of the molecule is CC(C)(C)OC(=O)c1cn(Cc2ccc(CN3CC4CC4C3=O)cc2)nn1. The molecule has 4 rings (SSSR count). The molecule has 1 saturated carbocycles. The number of carbonyl (C=O) groups excluding carboxylic acids is 2. The van der Waals surface area contributed by atoms with Crippen molar-refractivity contribution in [3.05, 3.63) is 47.3 Å². The Bertz CT molecular complexity index is 866. The van der Waals surface area contributed by atoms with E-state index >= 15 is 0 Å². The Morgan fingerprint density at radius 3 is 2.44 bits per heavy atom. The summed E-state index contributed by atoms with van der Waals surface area (Å²) in [6.45, 7) is 7.54. The third kappa shape index (κ3) is 4.02. The van der Waals surface area contributed by atoms with Gasteiger partial charge in [-0.05, 0) is 44.2 Å². The number of hydrogen-bond donors (Lipinski definition) is 0. The number of benzene rings is 1. The molecule has 7 heteroatoms. The van der Waals surface area contributed by atoms with Gasteiger partial charge in [-0.2, -0.15) is 0 Å². The molecule has 1 saturated heterocycles. The molecular formula is C20H24N4O3. The molecule has 7 nitrogen and oxygen atoms in total. The first-order valence-corrected chi connectivity index (χ1v) is 9.28. The summed E-state index contributed by atoms with van der Waals surface area (Å²) in [6, 6.07) is 8.12. The maximum atomic E-state index is 12.1. The van der Waals surface area contributed by atoms with Gasteiger partial charge in [-0.15, -0.1) is 5.10 Å². The number of likely N-dealkylation sites (tertiary alicyclic amines) is 1. The molecule has 27 heavy (non-hydrogen) atoms. The van der Waals surface area contributed by atoms with Crippen molar-refractivity contribution in [1.29, 1.82) is 0 Å². The van der Waals surface area contributed by atoms with E-state index in [9.17, 15) is 9.59 Å². The predicted molar refractivity (Wildman–Crippen MR) is 97.7 cm³/mol. The average Bonchev–Trinajstić information content (AvgIpc) is 3.08. The normalized spacial score (nSPS) is 21.3. The van der Waals surface area contributed by atoms with Crippen LogP contribution in [0.5, 0.6) is 0 Å². The minimum Gasteiger partial charge on any atom is -0.455 e. The molecule has 1 aliphatic carbocycles. The maximum absolute atomic E-state index is 12.1. The monoisotopic (exact) mass is 368 g/mol. The number of piperidine rings is 1. The number of ether oxygens (including phenoxy) is 1. The van der Waals surface area contributed by atoms with Crippen molar-refractivity contribution in [3.8, 4) is 0 Å². The quantitative estimate of drug-likeness (QED) is 0.757. The highest BCUT2D eigenvalue weighted by Crippen LogP contribution is 2.46. The van der Waals surface area contributed by atoms with Gasteiger partial charge >= 0.3 is 5.97 Å². The molecule has 0 bridgehead atoms. The Hall–Kier alpha value is -2.70. The van der Waals surface area contributed by atoms with Gasteiger partial charge in [0.05, 0.1) is 12.7 Å². The molecule has 1 aromatic carbocycles. The summed E-state index contributed by atoms with van der Waals surface area (Å²) in [5.41, 5.74) is 1.82. The molecule has 2 atom stereocenters. The van der Waals surface area contributed by atoms with Crippen LogP contribution in [0.25, 0.3) is 0 Å². The molecule has 1 amide bonds. The van der Waals surface area contributed by atoms with E-state index in [2.05, 4.69) is 10.3 Å². The second-order valence-electron chi connectivity index (χ2n) is 8.44. The zero-order valence-electron chi connectivity index (χ0n) is 15.9. The highest BCUT2D eigenvalue weighted by Gasteiger charge is 2.51. The third-order valence-corrected chi connectivity index (χ3v) is 4.89. The minimum atomic E-state index is -0.562. The Morgan fingerprint density at radius 1 is 1.19 bits per heavy atom. The standard InChI is InChI=1S/C20H24N4O3/c1-20(2,3)27-19(26)17-12-24(22-21-17)10-14-6-4-13(5-7-14)9-23-11-15-8-16(15)18(23)25/h4-7,12,15-16H,8-11H2,1-3H3. The number of aromatic nitrogens is 3. The Kier molecular flexibility index (Phi) is 4.25. The molecule has 2 unspecified atom stereocenters. The predicted octanol–water partition coefficient (Wildman–Crippen LogP) is 2.26. The van der Waals surface area contributed by atoms with Crippen LogP contribution in [0.3, 0.4) is 0 Å². The van der Waals surface area contributed by atoms with Gasteiger partial charge in [-0.1, -0.05) is 29.5 Å². The van der Waals surface area contributed by atoms with E-state index in [1.807, 2.05) is 49.9 Å². The van der Waals surface area contributed by atoms with Crippen LogP contribution in [0.1, 0.15) is 48.8 Å². The van der Waals surface area contributed by atoms with Gasteiger partial charge in [0.15, 0.2) is 5.69 Å². The van der Waals surface area contributed by atoms with Crippen molar-refractivity contribution in [3.63, 3.8) is 0 Å². The first-order valence-electron chi connectivity index (χ1n) is 9.28. The second kappa shape index (κ2) is 6.48. The number of rotatable bonds is 5. The van der Waals surface area contributed by atoms with Crippen LogP contribution in [0.2, 0.25) is 0 Å². The molecule has 2 aromatic rings. The summed E-state index contributed by atoms with van der Waals surface area (Å²) >= 11 is 0. The average molecular weight is 368 g/mol. The Morgan fingerprint density at radius 2 is 1.85 bits per heavy atom. The van der Waals surface area contributed by atoms with Gasteiger partial charge < -0.3 is 9.64 Å². The van der Waals surface area contributed by atoms with E-state index in [0.717, 1.165) is 24.1 Å². The van der Waals surface area contributed by atoms with Crippen molar-refractivity contribution in [2.75, 3.05) is 6.54 Å². The largest absolute Gasteiger partial charge is 0.455 e. The van der Waals surface area contributed by atoms with Crippen molar-refractivity contribution in [2.45, 2.75) is 45.9 Å². The first-order chi connectivity index (χ1) is 12.8. The molecule has 142 valence electrons. The lowest BCUT2D eigenvalue weighted by Gasteiger charge is -2.18. The highest BCUT2D eigenvalue weighted by atomic mass is 16.6. The van der Waals surface area contributed by atoms with Crippen LogP contribution < -0.4 is 0 Å². The second-order valence-corrected chi connectivity index (χ2v) is 8.44. The summed E-state index contributed by atoms with van der Waals surface area (Å²) in [5, 5.41) is 7.90. The van der Waals surface area contributed by atoms with Crippen LogP contribution in [-0.4, -0.2) is 43.9 Å². The lowest BCUT2D eigenvalue weighted by atomic mass is 10.1. The topological polar surface area (TPSA) is 77.3 Å². The smallest absolute Gasteiger partial charge is 0.361 e. The van der Waals surface area contributed by atoms with Crippen LogP contribution in [-0.2, 0) is 22.6 Å². The van der Waals surface area contributed by atoms with E-state index < -0.39 is 11.6 Å². The van der Waals surface area contributed by atoms with Gasteiger partial charge in [0, 0.05) is 19.0 Å². The number of carbonyl (C=O) groups is 2. The van der Waals surface area contributed by atoms with Crippen molar-refractivity contribution >= 4 is 11.9 Å². The third-order valence-electron chi connectivity index (χ3n) is 4.89. The number of fused-ring (bicyclic) bond motifs is 1. The fourth-order valence-corrected chi connectivity index (χ4v) is 3.46. The summed E-state index contributed by atoms with van der Waals surface area (Å²) in [6.07, 6.45) is 2.68. The number of amides is 1. The van der Waals surface area contributed by atoms with Crippen molar-refractivity contribution in [1.82, 2.24) is 19.9 Å². The van der Waals surface area contributed by atoms with Gasteiger partial charge in [0.25, 0.3) is 0 Å². The summed E-state index contributed by atoms with van der Waals surface area (Å²) in [4.78, 5) is 26.0. The zero-order valence-corrected chi connectivity index (χ0v) is 15.9. The van der Waals surface area contributed by atoms with E-state index in [-0.39, 0.29) is 5.69 Å². The maximum Gasteiger partial charge on any atom is 0.361 e. The van der Waals surface area contributed by atoms with Gasteiger partial charge in [0.2, 0.25) is 5.91 Å². The molecule has 2 fully saturated rings. The number of hydrogen-bond acceptors (Lipinski definition) is 5. The molecule has 1 aliphatic heterocycles. The van der Waals surface area contributed by atoms with Gasteiger partial charge in [-0.25, -0.2) is 9.48 Å². The molecule has 0 radical (unpaired) electrons. The van der Waals surface area contributed by atoms with Gasteiger partial charge in [0.1, 0.15) is 5.60 Å². The van der Waals surface area contributed by atoms with Crippen LogP contribution in [0.4, 0.5) is 0 Å². The van der Waals surface area contributed by atoms with E-state index in [1.54, 1.807) is 10.9 Å². The molecular weight excluding hydrogens is 344 g/mol. The van der Waals surface area contributed by atoms with Gasteiger partial charge in [-0.3, -0.25) is 4.79 Å². The van der Waals surface area contributed by atoms with Crippen LogP contribution in [0.15, 0.2) is 30.5 Å². The minimum absolute atomic E-state index is 0.202. The fraction of sp³-hybridized carbons (Fsp3) is 0.500. The van der Waals surface area contributed by atoms with Crippen LogP contribution in [0, 0.1) is 11.8 Å². The number of nitrogens with zero attached hydrogens (tertiary/aromatic N) is 4. The fourth-order valence-electron chi connectivity index (χ4n) is 3.46. The highest BCUT2D eigenvalue weighted by molar-refractivity contribution is 5.87. The summed E-state index contributed by atoms with van der Waals surface area (Å²) in [7, 11) is 0. The number of esters is 1. The summed E-state index contributed by atoms with van der Waals surface area (Å²) < 4.78 is 6.92.